The molecule has 3 aromatic heterocycles. The lowest BCUT2D eigenvalue weighted by Crippen LogP contribution is -2.21. The van der Waals surface area contributed by atoms with Crippen molar-refractivity contribution >= 4 is 27.4 Å². The van der Waals surface area contributed by atoms with E-state index in [1.54, 1.807) is 11.3 Å². The van der Waals surface area contributed by atoms with Gasteiger partial charge in [0, 0.05) is 39.0 Å². The third-order valence-electron chi connectivity index (χ3n) is 3.50. The number of rotatable bonds is 6. The summed E-state index contributed by atoms with van der Waals surface area (Å²) in [5.74, 6) is 1.96. The van der Waals surface area contributed by atoms with Gasteiger partial charge in [-0.3, -0.25) is 0 Å². The Bertz CT molecular complexity index is 704. The molecule has 0 saturated heterocycles. The molecule has 0 atom stereocenters. The van der Waals surface area contributed by atoms with Gasteiger partial charge in [0.25, 0.3) is 0 Å². The second-order valence-electron chi connectivity index (χ2n) is 5.03. The van der Waals surface area contributed by atoms with Crippen molar-refractivity contribution in [3.63, 3.8) is 0 Å². The van der Waals surface area contributed by atoms with E-state index in [4.69, 9.17) is 4.98 Å². The predicted octanol–water partition coefficient (Wildman–Crippen LogP) is 2.98. The number of hydrogen-bond donors (Lipinski definition) is 0. The Kier molecular flexibility index (Phi) is 4.15. The third kappa shape index (κ3) is 3.05. The standard InChI is InChI=1S/C15H19N5S/c1-3-13-17-14(12-5-10-21-15(12)18-13)19(2)7-4-8-20-9-6-16-11-20/h5-6,9-11H,3-4,7-8H2,1-2H3. The van der Waals surface area contributed by atoms with Crippen LogP contribution in [0.4, 0.5) is 5.82 Å². The fourth-order valence-corrected chi connectivity index (χ4v) is 3.12. The van der Waals surface area contributed by atoms with Crippen molar-refractivity contribution in [2.45, 2.75) is 26.3 Å². The van der Waals surface area contributed by atoms with Crippen LogP contribution in [0.25, 0.3) is 10.2 Å². The number of nitrogens with zero attached hydrogens (tertiary/aromatic N) is 5. The normalized spacial score (nSPS) is 11.1. The van der Waals surface area contributed by atoms with Gasteiger partial charge in [-0.1, -0.05) is 6.92 Å². The molecule has 0 aliphatic heterocycles. The minimum atomic E-state index is 0.865. The second-order valence-corrected chi connectivity index (χ2v) is 5.93. The predicted molar refractivity (Wildman–Crippen MR) is 86.9 cm³/mol. The molecule has 0 bridgehead atoms. The first-order valence-corrected chi connectivity index (χ1v) is 8.07. The van der Waals surface area contributed by atoms with E-state index in [-0.39, 0.29) is 0 Å². The number of aromatic nitrogens is 4. The Balaban J connectivity index is 1.74. The van der Waals surface area contributed by atoms with Crippen LogP contribution in [0.1, 0.15) is 19.2 Å². The van der Waals surface area contributed by atoms with Crippen LogP contribution in [0.15, 0.2) is 30.2 Å². The summed E-state index contributed by atoms with van der Waals surface area (Å²) in [4.78, 5) is 16.7. The first-order valence-electron chi connectivity index (χ1n) is 7.19. The van der Waals surface area contributed by atoms with Gasteiger partial charge in [0.15, 0.2) is 0 Å². The average Bonchev–Trinajstić information content (AvgIpc) is 3.16. The number of aryl methyl sites for hydroxylation is 2. The molecule has 0 unspecified atom stereocenters. The fourth-order valence-electron chi connectivity index (χ4n) is 2.35. The van der Waals surface area contributed by atoms with Gasteiger partial charge >= 0.3 is 0 Å². The van der Waals surface area contributed by atoms with Crippen molar-refractivity contribution in [1.82, 2.24) is 19.5 Å². The van der Waals surface area contributed by atoms with Crippen molar-refractivity contribution in [3.05, 3.63) is 36.0 Å². The number of fused-ring (bicyclic) bond motifs is 1. The summed E-state index contributed by atoms with van der Waals surface area (Å²) in [5, 5.41) is 3.24. The van der Waals surface area contributed by atoms with Crippen molar-refractivity contribution in [3.8, 4) is 0 Å². The second kappa shape index (κ2) is 6.22. The van der Waals surface area contributed by atoms with Crippen LogP contribution >= 0.6 is 11.3 Å². The first-order chi connectivity index (χ1) is 10.3. The molecule has 110 valence electrons. The molecule has 3 aromatic rings. The highest BCUT2D eigenvalue weighted by atomic mass is 32.1. The van der Waals surface area contributed by atoms with Gasteiger partial charge in [0.05, 0.1) is 11.7 Å². The Labute approximate surface area is 128 Å². The Morgan fingerprint density at radius 1 is 1.33 bits per heavy atom. The summed E-state index contributed by atoms with van der Waals surface area (Å²) >= 11 is 1.68. The molecule has 0 spiro atoms. The maximum atomic E-state index is 4.71. The smallest absolute Gasteiger partial charge is 0.140 e. The Morgan fingerprint density at radius 2 is 2.24 bits per heavy atom. The lowest BCUT2D eigenvalue weighted by molar-refractivity contribution is 0.636. The summed E-state index contributed by atoms with van der Waals surface area (Å²) in [5.41, 5.74) is 0. The van der Waals surface area contributed by atoms with E-state index in [9.17, 15) is 0 Å². The molecule has 0 fully saturated rings. The topological polar surface area (TPSA) is 46.8 Å². The zero-order valence-corrected chi connectivity index (χ0v) is 13.2. The molecule has 3 rings (SSSR count). The summed E-state index contributed by atoms with van der Waals surface area (Å²) in [6, 6.07) is 2.11. The van der Waals surface area contributed by atoms with Crippen molar-refractivity contribution < 1.29 is 0 Å². The highest BCUT2D eigenvalue weighted by Gasteiger charge is 2.11. The van der Waals surface area contributed by atoms with E-state index < -0.39 is 0 Å². The zero-order valence-electron chi connectivity index (χ0n) is 12.4. The summed E-state index contributed by atoms with van der Waals surface area (Å²) in [6.07, 6.45) is 7.60. The molecule has 21 heavy (non-hydrogen) atoms. The molecule has 0 saturated carbocycles. The minimum Gasteiger partial charge on any atom is -0.359 e. The lowest BCUT2D eigenvalue weighted by Gasteiger charge is -2.19. The largest absolute Gasteiger partial charge is 0.359 e. The van der Waals surface area contributed by atoms with Crippen molar-refractivity contribution in [1.29, 1.82) is 0 Å². The van der Waals surface area contributed by atoms with E-state index in [0.717, 1.165) is 47.8 Å². The van der Waals surface area contributed by atoms with Gasteiger partial charge in [0.2, 0.25) is 0 Å². The molecule has 0 aliphatic rings. The maximum absolute atomic E-state index is 4.71. The van der Waals surface area contributed by atoms with Crippen LogP contribution in [0.5, 0.6) is 0 Å². The van der Waals surface area contributed by atoms with Crippen LogP contribution in [-0.2, 0) is 13.0 Å². The highest BCUT2D eigenvalue weighted by molar-refractivity contribution is 7.16. The maximum Gasteiger partial charge on any atom is 0.140 e. The van der Waals surface area contributed by atoms with E-state index >= 15 is 0 Å². The van der Waals surface area contributed by atoms with E-state index in [1.165, 1.54) is 0 Å². The van der Waals surface area contributed by atoms with Crippen molar-refractivity contribution in [2.24, 2.45) is 0 Å². The van der Waals surface area contributed by atoms with Gasteiger partial charge in [-0.15, -0.1) is 11.3 Å². The SMILES string of the molecule is CCc1nc(N(C)CCCn2ccnc2)c2ccsc2n1. The monoisotopic (exact) mass is 301 g/mol. The van der Waals surface area contributed by atoms with E-state index in [1.807, 2.05) is 18.7 Å². The first kappa shape index (κ1) is 14.0. The van der Waals surface area contributed by atoms with Crippen LogP contribution in [0, 0.1) is 0 Å². The number of anilines is 1. The summed E-state index contributed by atoms with van der Waals surface area (Å²) < 4.78 is 2.10. The van der Waals surface area contributed by atoms with Crippen LogP contribution in [0.3, 0.4) is 0 Å². The van der Waals surface area contributed by atoms with Crippen LogP contribution < -0.4 is 4.90 Å². The summed E-state index contributed by atoms with van der Waals surface area (Å²) in [6.45, 7) is 4.03. The van der Waals surface area contributed by atoms with Gasteiger partial charge < -0.3 is 9.47 Å². The van der Waals surface area contributed by atoms with Gasteiger partial charge in [-0.25, -0.2) is 15.0 Å². The Hall–Kier alpha value is -1.95. The fraction of sp³-hybridized carbons (Fsp3) is 0.400. The van der Waals surface area contributed by atoms with Crippen LogP contribution in [-0.4, -0.2) is 33.1 Å². The van der Waals surface area contributed by atoms with Crippen molar-refractivity contribution in [2.75, 3.05) is 18.5 Å². The molecule has 0 aliphatic carbocycles. The lowest BCUT2D eigenvalue weighted by atomic mass is 10.3. The van der Waals surface area contributed by atoms with Crippen LogP contribution in [0.2, 0.25) is 0 Å². The average molecular weight is 301 g/mol. The van der Waals surface area contributed by atoms with Gasteiger partial charge in [0.1, 0.15) is 16.5 Å². The minimum absolute atomic E-state index is 0.865. The van der Waals surface area contributed by atoms with E-state index in [0.29, 0.717) is 0 Å². The number of imidazole rings is 1. The molecule has 3 heterocycles. The molecule has 0 aromatic carbocycles. The van der Waals surface area contributed by atoms with Gasteiger partial charge in [-0.05, 0) is 17.9 Å². The molecule has 6 heteroatoms. The molecule has 0 amide bonds. The third-order valence-corrected chi connectivity index (χ3v) is 4.30. The molecular weight excluding hydrogens is 282 g/mol. The zero-order chi connectivity index (χ0) is 14.7. The number of hydrogen-bond acceptors (Lipinski definition) is 5. The summed E-state index contributed by atoms with van der Waals surface area (Å²) in [7, 11) is 2.10. The molecular formula is C15H19N5S. The molecule has 5 nitrogen and oxygen atoms in total. The highest BCUT2D eigenvalue weighted by Crippen LogP contribution is 2.27. The Morgan fingerprint density at radius 3 is 3.00 bits per heavy atom. The quantitative estimate of drug-likeness (QED) is 0.702. The van der Waals surface area contributed by atoms with Gasteiger partial charge in [-0.2, -0.15) is 0 Å². The van der Waals surface area contributed by atoms with E-state index in [2.05, 4.69) is 44.9 Å². The number of thiophene rings is 1. The molecule has 0 N–H and O–H groups in total. The molecule has 0 radical (unpaired) electrons.